The highest BCUT2D eigenvalue weighted by Crippen LogP contribution is 2.31. The lowest BCUT2D eigenvalue weighted by molar-refractivity contribution is -0.153. The van der Waals surface area contributed by atoms with Crippen molar-refractivity contribution >= 4 is 28.3 Å². The van der Waals surface area contributed by atoms with Crippen LogP contribution >= 0.6 is 11.3 Å². The van der Waals surface area contributed by atoms with E-state index in [0.717, 1.165) is 80.5 Å². The molecule has 37 heavy (non-hydrogen) atoms. The molecule has 2 aliphatic rings. The van der Waals surface area contributed by atoms with E-state index in [1.165, 1.54) is 11.3 Å². The second kappa shape index (κ2) is 10.9. The number of amides is 1. The molecule has 1 N–H and O–H groups in total. The Kier molecular flexibility index (Phi) is 7.66. The summed E-state index contributed by atoms with van der Waals surface area (Å²) in [4.78, 5) is 24.9. The summed E-state index contributed by atoms with van der Waals surface area (Å²) in [6.07, 6.45) is 5.86. The van der Waals surface area contributed by atoms with Gasteiger partial charge in [0.1, 0.15) is 0 Å². The number of thiazole rings is 1. The molecule has 12 heteroatoms. The van der Waals surface area contributed by atoms with Crippen molar-refractivity contribution in [1.29, 1.82) is 0 Å². The van der Waals surface area contributed by atoms with E-state index >= 15 is 0 Å². The first-order valence-corrected chi connectivity index (χ1v) is 13.5. The molecule has 3 aromatic heterocycles. The van der Waals surface area contributed by atoms with Gasteiger partial charge in [0.25, 0.3) is 11.1 Å². The zero-order valence-electron chi connectivity index (χ0n) is 20.8. The van der Waals surface area contributed by atoms with E-state index in [1.54, 1.807) is 16.9 Å². The minimum atomic E-state index is -4.35. The Labute approximate surface area is 217 Å². The van der Waals surface area contributed by atoms with Crippen LogP contribution in [-0.2, 0) is 19.9 Å². The number of rotatable bonds is 7. The number of carbonyl (C=O) groups excluding carboxylic acids is 1. The Hall–Kier alpha value is -2.73. The van der Waals surface area contributed by atoms with Crippen molar-refractivity contribution in [2.75, 3.05) is 26.2 Å². The topological polar surface area (TPSA) is 85.2 Å². The smallest absolute Gasteiger partial charge is 0.422 e. The van der Waals surface area contributed by atoms with Crippen LogP contribution in [0.5, 0.6) is 5.19 Å². The summed E-state index contributed by atoms with van der Waals surface area (Å²) >= 11 is 1.24. The second-order valence-corrected chi connectivity index (χ2v) is 11.0. The average Bonchev–Trinajstić information content (AvgIpc) is 3.39. The van der Waals surface area contributed by atoms with Crippen molar-refractivity contribution in [2.24, 2.45) is 13.0 Å². The molecule has 0 aromatic carbocycles. The molecule has 1 aliphatic heterocycles. The van der Waals surface area contributed by atoms with Gasteiger partial charge in [0.05, 0.1) is 16.6 Å². The monoisotopic (exact) mass is 536 g/mol. The van der Waals surface area contributed by atoms with Crippen LogP contribution in [0.1, 0.15) is 53.0 Å². The van der Waals surface area contributed by atoms with E-state index in [2.05, 4.69) is 25.3 Å². The van der Waals surface area contributed by atoms with Crippen molar-refractivity contribution in [2.45, 2.75) is 57.2 Å². The maximum Gasteiger partial charge on any atom is 0.422 e. The van der Waals surface area contributed by atoms with Gasteiger partial charge in [0, 0.05) is 49.9 Å². The molecule has 0 saturated heterocycles. The zero-order valence-corrected chi connectivity index (χ0v) is 21.6. The Bertz CT molecular complexity index is 1210. The molecule has 8 nitrogen and oxygen atoms in total. The lowest BCUT2D eigenvalue weighted by Crippen LogP contribution is -2.38. The van der Waals surface area contributed by atoms with Crippen LogP contribution < -0.4 is 10.1 Å². The number of carbonyl (C=O) groups is 1. The van der Waals surface area contributed by atoms with Crippen molar-refractivity contribution in [1.82, 2.24) is 30.0 Å². The van der Waals surface area contributed by atoms with E-state index in [4.69, 9.17) is 4.74 Å². The number of hydrogen-bond donors (Lipinski definition) is 1. The van der Waals surface area contributed by atoms with Crippen LogP contribution in [0.2, 0.25) is 0 Å². The van der Waals surface area contributed by atoms with E-state index < -0.39 is 12.8 Å². The quantitative estimate of drug-likeness (QED) is 0.489. The standard InChI is InChI=1S/C25H31F3N6O2S/c1-33-14-19-18(6-10-29-22(19)32-33)23(35)30-17-4-2-16(3-5-17)7-11-34-12-8-20-21(9-13-34)37-24(31-20)36-15-25(26,27)28/h6,10,14,16-17H,2-5,7-9,11-13,15H2,1H3,(H,30,35). The number of aromatic nitrogens is 4. The molecule has 1 aliphatic carbocycles. The predicted molar refractivity (Wildman–Crippen MR) is 134 cm³/mol. The van der Waals surface area contributed by atoms with Crippen LogP contribution in [0.4, 0.5) is 13.2 Å². The molecule has 3 aromatic rings. The molecule has 0 bridgehead atoms. The summed E-state index contributed by atoms with van der Waals surface area (Å²) < 4.78 is 43.7. The van der Waals surface area contributed by atoms with Gasteiger partial charge in [-0.05, 0) is 57.1 Å². The van der Waals surface area contributed by atoms with Gasteiger partial charge in [0.2, 0.25) is 0 Å². The molecule has 0 radical (unpaired) electrons. The third-order valence-electron chi connectivity index (χ3n) is 7.26. The average molecular weight is 537 g/mol. The Balaban J connectivity index is 1.04. The molecular weight excluding hydrogens is 505 g/mol. The summed E-state index contributed by atoms with van der Waals surface area (Å²) in [6, 6.07) is 1.93. The van der Waals surface area contributed by atoms with Gasteiger partial charge in [-0.15, -0.1) is 0 Å². The van der Waals surface area contributed by atoms with E-state index in [-0.39, 0.29) is 17.1 Å². The first-order chi connectivity index (χ1) is 17.7. The number of pyridine rings is 1. The van der Waals surface area contributed by atoms with Crippen LogP contribution in [0.25, 0.3) is 11.0 Å². The molecule has 1 saturated carbocycles. The SMILES string of the molecule is Cn1cc2c(C(=O)NC3CCC(CCN4CCc5nc(OCC(F)(F)F)sc5CC4)CC3)ccnc2n1. The minimum Gasteiger partial charge on any atom is -0.460 e. The maximum absolute atomic E-state index is 12.9. The number of nitrogens with zero attached hydrogens (tertiary/aromatic N) is 5. The molecule has 1 fully saturated rings. The third kappa shape index (κ3) is 6.59. The van der Waals surface area contributed by atoms with E-state index in [0.29, 0.717) is 17.1 Å². The summed E-state index contributed by atoms with van der Waals surface area (Å²) in [7, 11) is 1.82. The van der Waals surface area contributed by atoms with Crippen LogP contribution in [0.3, 0.4) is 0 Å². The number of nitrogens with one attached hydrogen (secondary N) is 1. The maximum atomic E-state index is 12.9. The predicted octanol–water partition coefficient (Wildman–Crippen LogP) is 4.15. The molecule has 4 heterocycles. The minimum absolute atomic E-state index is 0.0681. The molecular formula is C25H31F3N6O2S. The fourth-order valence-electron chi connectivity index (χ4n) is 5.27. The lowest BCUT2D eigenvalue weighted by Gasteiger charge is -2.30. The van der Waals surface area contributed by atoms with Crippen molar-refractivity contribution in [3.8, 4) is 5.19 Å². The van der Waals surface area contributed by atoms with Crippen LogP contribution in [-0.4, -0.2) is 69.0 Å². The fraction of sp³-hybridized carbons (Fsp3) is 0.600. The number of fused-ring (bicyclic) bond motifs is 2. The summed E-state index contributed by atoms with van der Waals surface area (Å²) in [5.74, 6) is 0.568. The van der Waals surface area contributed by atoms with Gasteiger partial charge in [0.15, 0.2) is 12.3 Å². The van der Waals surface area contributed by atoms with E-state index in [9.17, 15) is 18.0 Å². The van der Waals surface area contributed by atoms with Crippen LogP contribution in [0, 0.1) is 5.92 Å². The Morgan fingerprint density at radius 2 is 2.00 bits per heavy atom. The highest BCUT2D eigenvalue weighted by Gasteiger charge is 2.30. The van der Waals surface area contributed by atoms with Gasteiger partial charge >= 0.3 is 6.18 Å². The first-order valence-electron chi connectivity index (χ1n) is 12.7. The number of aryl methyl sites for hydroxylation is 1. The van der Waals surface area contributed by atoms with Crippen LogP contribution in [0.15, 0.2) is 18.5 Å². The molecule has 0 spiro atoms. The van der Waals surface area contributed by atoms with Gasteiger partial charge in [-0.25, -0.2) is 9.97 Å². The first kappa shape index (κ1) is 25.9. The number of halogens is 3. The van der Waals surface area contributed by atoms with E-state index in [1.807, 2.05) is 13.2 Å². The number of hydrogen-bond acceptors (Lipinski definition) is 7. The normalized spacial score (nSPS) is 21.0. The molecule has 0 unspecified atom stereocenters. The van der Waals surface area contributed by atoms with Crippen molar-refractivity contribution < 1.29 is 22.7 Å². The molecule has 1 amide bonds. The Morgan fingerprint density at radius 1 is 1.22 bits per heavy atom. The van der Waals surface area contributed by atoms with Crippen molar-refractivity contribution in [3.63, 3.8) is 0 Å². The number of alkyl halides is 3. The highest BCUT2D eigenvalue weighted by atomic mass is 32.1. The molecule has 200 valence electrons. The zero-order chi connectivity index (χ0) is 26.0. The summed E-state index contributed by atoms with van der Waals surface area (Å²) in [5.41, 5.74) is 2.07. The largest absolute Gasteiger partial charge is 0.460 e. The summed E-state index contributed by atoms with van der Waals surface area (Å²) in [6.45, 7) is 1.45. The summed E-state index contributed by atoms with van der Waals surface area (Å²) in [5, 5.41) is 8.37. The number of ether oxygens (including phenoxy) is 1. The molecule has 0 atom stereocenters. The van der Waals surface area contributed by atoms with Gasteiger partial charge in [-0.1, -0.05) is 11.3 Å². The van der Waals surface area contributed by atoms with Gasteiger partial charge in [-0.2, -0.15) is 18.3 Å². The van der Waals surface area contributed by atoms with Gasteiger partial charge in [-0.3, -0.25) is 9.48 Å². The third-order valence-corrected chi connectivity index (χ3v) is 8.33. The Morgan fingerprint density at radius 3 is 2.78 bits per heavy atom. The van der Waals surface area contributed by atoms with Crippen molar-refractivity contribution in [3.05, 3.63) is 34.6 Å². The second-order valence-electron chi connectivity index (χ2n) is 9.97. The highest BCUT2D eigenvalue weighted by molar-refractivity contribution is 7.13. The lowest BCUT2D eigenvalue weighted by atomic mass is 9.84. The molecule has 5 rings (SSSR count). The fourth-order valence-corrected chi connectivity index (χ4v) is 6.21. The van der Waals surface area contributed by atoms with Gasteiger partial charge < -0.3 is 15.0 Å².